The van der Waals surface area contributed by atoms with Gasteiger partial charge in [-0.1, -0.05) is 33.8 Å². The van der Waals surface area contributed by atoms with Crippen molar-refractivity contribution in [3.05, 3.63) is 46.2 Å². The van der Waals surface area contributed by atoms with Gasteiger partial charge in [0.1, 0.15) is 0 Å². The fourth-order valence-electron chi connectivity index (χ4n) is 1.69. The summed E-state index contributed by atoms with van der Waals surface area (Å²) in [4.78, 5) is 8.82. The lowest BCUT2D eigenvalue weighted by molar-refractivity contribution is 0.902. The molecule has 0 spiro atoms. The molecule has 0 atom stereocenters. The first kappa shape index (κ1) is 14.3. The Hall–Kier alpha value is -1.07. The molecule has 1 aromatic heterocycles. The van der Waals surface area contributed by atoms with Crippen LogP contribution in [0, 0.1) is 13.8 Å². The number of thioether (sulfide) groups is 1. The van der Waals surface area contributed by atoms with E-state index in [4.69, 9.17) is 0 Å². The average Bonchev–Trinajstić information content (AvgIpc) is 2.34. The van der Waals surface area contributed by atoms with Crippen molar-refractivity contribution in [2.45, 2.75) is 19.0 Å². The molecule has 0 amide bonds. The van der Waals surface area contributed by atoms with Gasteiger partial charge in [-0.15, -0.1) is 0 Å². The zero-order valence-electron chi connectivity index (χ0n) is 11.0. The molecule has 0 aliphatic rings. The molecule has 1 heterocycles. The van der Waals surface area contributed by atoms with E-state index in [1.165, 1.54) is 0 Å². The van der Waals surface area contributed by atoms with Crippen molar-refractivity contribution in [3.63, 3.8) is 0 Å². The minimum absolute atomic E-state index is 0.855. The van der Waals surface area contributed by atoms with Crippen molar-refractivity contribution in [1.29, 1.82) is 0 Å². The third kappa shape index (κ3) is 4.84. The summed E-state index contributed by atoms with van der Waals surface area (Å²) >= 11 is 5.13. The summed E-state index contributed by atoms with van der Waals surface area (Å²) in [5, 5.41) is 4.23. The number of aryl methyl sites for hydroxylation is 2. The Balaban J connectivity index is 1.80. The number of nitrogens with one attached hydrogen (secondary N) is 1. The van der Waals surface area contributed by atoms with Crippen LogP contribution in [0.25, 0.3) is 0 Å². The molecule has 0 saturated carbocycles. The van der Waals surface area contributed by atoms with Crippen LogP contribution in [0.1, 0.15) is 11.4 Å². The van der Waals surface area contributed by atoms with Gasteiger partial charge < -0.3 is 5.32 Å². The zero-order valence-corrected chi connectivity index (χ0v) is 13.4. The monoisotopic (exact) mass is 337 g/mol. The second-order valence-electron chi connectivity index (χ2n) is 4.22. The van der Waals surface area contributed by atoms with Gasteiger partial charge in [-0.05, 0) is 38.1 Å². The van der Waals surface area contributed by atoms with Crippen molar-refractivity contribution in [2.75, 3.05) is 17.6 Å². The predicted octanol–water partition coefficient (Wildman–Crippen LogP) is 4.06. The lowest BCUT2D eigenvalue weighted by atomic mass is 10.3. The summed E-state index contributed by atoms with van der Waals surface area (Å²) in [6.07, 6.45) is 0. The highest BCUT2D eigenvalue weighted by atomic mass is 79.9. The van der Waals surface area contributed by atoms with Crippen molar-refractivity contribution < 1.29 is 0 Å². The SMILES string of the molecule is Cc1cc(C)nc(SCCNc2cccc(Br)c2)n1. The van der Waals surface area contributed by atoms with Gasteiger partial charge in [-0.3, -0.25) is 0 Å². The molecule has 0 radical (unpaired) electrons. The lowest BCUT2D eigenvalue weighted by Crippen LogP contribution is -2.04. The minimum Gasteiger partial charge on any atom is -0.384 e. The molecule has 0 saturated heterocycles. The van der Waals surface area contributed by atoms with E-state index < -0.39 is 0 Å². The first-order chi connectivity index (χ1) is 9.13. The second kappa shape index (κ2) is 6.91. The molecule has 0 unspecified atom stereocenters. The van der Waals surface area contributed by atoms with Crippen LogP contribution in [0.4, 0.5) is 5.69 Å². The number of benzene rings is 1. The molecule has 5 heteroatoms. The molecule has 0 fully saturated rings. The Morgan fingerprint density at radius 1 is 1.16 bits per heavy atom. The Kier molecular flexibility index (Phi) is 5.22. The molecule has 1 N–H and O–H groups in total. The van der Waals surface area contributed by atoms with Gasteiger partial charge >= 0.3 is 0 Å². The predicted molar refractivity (Wildman–Crippen MR) is 84.9 cm³/mol. The number of hydrogen-bond donors (Lipinski definition) is 1. The van der Waals surface area contributed by atoms with E-state index in [0.29, 0.717) is 0 Å². The smallest absolute Gasteiger partial charge is 0.188 e. The Morgan fingerprint density at radius 3 is 2.58 bits per heavy atom. The van der Waals surface area contributed by atoms with Gasteiger partial charge in [-0.2, -0.15) is 0 Å². The summed E-state index contributed by atoms with van der Waals surface area (Å²) in [6.45, 7) is 4.88. The van der Waals surface area contributed by atoms with E-state index in [1.54, 1.807) is 11.8 Å². The molecular weight excluding hydrogens is 322 g/mol. The maximum atomic E-state index is 4.41. The third-order valence-electron chi connectivity index (χ3n) is 2.45. The molecule has 0 aliphatic carbocycles. The van der Waals surface area contributed by atoms with E-state index in [1.807, 2.05) is 32.0 Å². The summed E-state index contributed by atoms with van der Waals surface area (Å²) in [5.41, 5.74) is 3.17. The van der Waals surface area contributed by atoms with E-state index in [9.17, 15) is 0 Å². The van der Waals surface area contributed by atoms with Crippen LogP contribution >= 0.6 is 27.7 Å². The summed E-state index contributed by atoms with van der Waals surface area (Å²) in [6, 6.07) is 10.2. The molecular formula is C14H16BrN3S. The van der Waals surface area contributed by atoms with Gasteiger partial charge in [0.05, 0.1) is 0 Å². The number of hydrogen-bond acceptors (Lipinski definition) is 4. The molecule has 1 aromatic carbocycles. The topological polar surface area (TPSA) is 37.8 Å². The molecule has 100 valence electrons. The lowest BCUT2D eigenvalue weighted by Gasteiger charge is -2.06. The van der Waals surface area contributed by atoms with E-state index in [2.05, 4.69) is 43.3 Å². The van der Waals surface area contributed by atoms with Gasteiger partial charge in [0, 0.05) is 33.8 Å². The summed E-state index contributed by atoms with van der Waals surface area (Å²) in [5.74, 6) is 0.940. The van der Waals surface area contributed by atoms with E-state index in [-0.39, 0.29) is 0 Å². The zero-order chi connectivity index (χ0) is 13.7. The van der Waals surface area contributed by atoms with Crippen LogP contribution in [0.5, 0.6) is 0 Å². The van der Waals surface area contributed by atoms with Gasteiger partial charge in [0.25, 0.3) is 0 Å². The largest absolute Gasteiger partial charge is 0.384 e. The number of halogens is 1. The molecule has 3 nitrogen and oxygen atoms in total. The summed E-state index contributed by atoms with van der Waals surface area (Å²) in [7, 11) is 0. The molecule has 0 aliphatic heterocycles. The fourth-order valence-corrected chi connectivity index (χ4v) is 2.90. The normalized spacial score (nSPS) is 10.5. The van der Waals surface area contributed by atoms with Gasteiger partial charge in [-0.25, -0.2) is 9.97 Å². The van der Waals surface area contributed by atoms with Crippen LogP contribution < -0.4 is 5.32 Å². The number of aromatic nitrogens is 2. The van der Waals surface area contributed by atoms with Crippen LogP contribution in [0.15, 0.2) is 40.0 Å². The molecule has 19 heavy (non-hydrogen) atoms. The van der Waals surface area contributed by atoms with Crippen molar-refractivity contribution in [1.82, 2.24) is 9.97 Å². The van der Waals surface area contributed by atoms with Crippen LogP contribution in [-0.4, -0.2) is 22.3 Å². The highest BCUT2D eigenvalue weighted by Gasteiger charge is 2.00. The number of anilines is 1. The highest BCUT2D eigenvalue weighted by molar-refractivity contribution is 9.10. The van der Waals surface area contributed by atoms with Crippen LogP contribution in [0.2, 0.25) is 0 Å². The second-order valence-corrected chi connectivity index (χ2v) is 6.20. The summed E-state index contributed by atoms with van der Waals surface area (Å²) < 4.78 is 1.09. The molecule has 2 aromatic rings. The average molecular weight is 338 g/mol. The van der Waals surface area contributed by atoms with Gasteiger partial charge in [0.2, 0.25) is 0 Å². The Morgan fingerprint density at radius 2 is 1.89 bits per heavy atom. The number of rotatable bonds is 5. The maximum absolute atomic E-state index is 4.41. The quantitative estimate of drug-likeness (QED) is 0.507. The van der Waals surface area contributed by atoms with E-state index >= 15 is 0 Å². The highest BCUT2D eigenvalue weighted by Crippen LogP contribution is 2.17. The maximum Gasteiger partial charge on any atom is 0.188 e. The number of nitrogens with zero attached hydrogens (tertiary/aromatic N) is 2. The van der Waals surface area contributed by atoms with Crippen molar-refractivity contribution in [3.8, 4) is 0 Å². The van der Waals surface area contributed by atoms with Crippen LogP contribution in [-0.2, 0) is 0 Å². The standard InChI is InChI=1S/C14H16BrN3S/c1-10-8-11(2)18-14(17-10)19-7-6-16-13-5-3-4-12(15)9-13/h3-5,8-9,16H,6-7H2,1-2H3. The Bertz CT molecular complexity index is 540. The van der Waals surface area contributed by atoms with Crippen molar-refractivity contribution >= 4 is 33.4 Å². The van der Waals surface area contributed by atoms with Crippen LogP contribution in [0.3, 0.4) is 0 Å². The Labute approximate surface area is 126 Å². The van der Waals surface area contributed by atoms with E-state index in [0.717, 1.165) is 39.0 Å². The fraction of sp³-hybridized carbons (Fsp3) is 0.286. The molecule has 0 bridgehead atoms. The van der Waals surface area contributed by atoms with Gasteiger partial charge in [0.15, 0.2) is 5.16 Å². The molecule has 2 rings (SSSR count). The first-order valence-electron chi connectivity index (χ1n) is 6.08. The third-order valence-corrected chi connectivity index (χ3v) is 3.79. The van der Waals surface area contributed by atoms with Crippen molar-refractivity contribution in [2.24, 2.45) is 0 Å². The first-order valence-corrected chi connectivity index (χ1v) is 7.86. The minimum atomic E-state index is 0.855.